The van der Waals surface area contributed by atoms with Crippen LogP contribution in [0.15, 0.2) is 12.1 Å². The van der Waals surface area contributed by atoms with Gasteiger partial charge in [0.15, 0.2) is 11.5 Å². The van der Waals surface area contributed by atoms with Crippen molar-refractivity contribution in [3.05, 3.63) is 17.7 Å². The van der Waals surface area contributed by atoms with E-state index in [1.165, 1.54) is 7.11 Å². The van der Waals surface area contributed by atoms with Gasteiger partial charge in [-0.15, -0.1) is 0 Å². The number of benzene rings is 1. The molecule has 6 nitrogen and oxygen atoms in total. The molecule has 0 spiro atoms. The van der Waals surface area contributed by atoms with E-state index in [0.29, 0.717) is 30.2 Å². The molecule has 0 aromatic heterocycles. The molecule has 1 aromatic carbocycles. The van der Waals surface area contributed by atoms with Crippen molar-refractivity contribution in [1.82, 2.24) is 0 Å². The molecule has 1 aliphatic rings. The molecule has 6 heteroatoms. The lowest BCUT2D eigenvalue weighted by Gasteiger charge is -2.36. The standard InChI is InChI=1S/C16H20N2O4/c1-5-22-16(19)18-10(2)6-11(9-17)12-7-14(20-3)15(21-4)8-13(12)18/h7-8,10-11H,5-6H2,1-4H3/t10-,11-/m0/s1. The molecule has 22 heavy (non-hydrogen) atoms. The van der Waals surface area contributed by atoms with E-state index in [1.807, 2.05) is 6.92 Å². The Balaban J connectivity index is 2.59. The number of methoxy groups -OCH3 is 2. The number of amides is 1. The van der Waals surface area contributed by atoms with E-state index >= 15 is 0 Å². The Labute approximate surface area is 130 Å². The number of ether oxygens (including phenoxy) is 3. The van der Waals surface area contributed by atoms with Crippen molar-refractivity contribution < 1.29 is 19.0 Å². The normalized spacial score (nSPS) is 19.9. The van der Waals surface area contributed by atoms with Crippen LogP contribution in [0.4, 0.5) is 10.5 Å². The number of nitriles is 1. The smallest absolute Gasteiger partial charge is 0.414 e. The summed E-state index contributed by atoms with van der Waals surface area (Å²) in [4.78, 5) is 13.8. The van der Waals surface area contributed by atoms with Gasteiger partial charge in [-0.1, -0.05) is 0 Å². The molecule has 1 aliphatic heterocycles. The van der Waals surface area contributed by atoms with Crippen molar-refractivity contribution in [2.75, 3.05) is 25.7 Å². The highest BCUT2D eigenvalue weighted by Crippen LogP contribution is 2.44. The Hall–Kier alpha value is -2.42. The first kappa shape index (κ1) is 16.0. The summed E-state index contributed by atoms with van der Waals surface area (Å²) in [6.07, 6.45) is 0.137. The van der Waals surface area contributed by atoms with Gasteiger partial charge in [-0.2, -0.15) is 5.26 Å². The maximum Gasteiger partial charge on any atom is 0.414 e. The van der Waals surface area contributed by atoms with Gasteiger partial charge in [-0.05, 0) is 31.9 Å². The molecule has 118 valence electrons. The fourth-order valence-electron chi connectivity index (χ4n) is 2.78. The number of hydrogen-bond acceptors (Lipinski definition) is 5. The van der Waals surface area contributed by atoms with Gasteiger partial charge in [0.2, 0.25) is 0 Å². The highest BCUT2D eigenvalue weighted by Gasteiger charge is 2.36. The molecule has 0 unspecified atom stereocenters. The monoisotopic (exact) mass is 304 g/mol. The Morgan fingerprint density at radius 2 is 2.00 bits per heavy atom. The highest BCUT2D eigenvalue weighted by molar-refractivity contribution is 5.91. The van der Waals surface area contributed by atoms with Gasteiger partial charge in [-0.3, -0.25) is 4.90 Å². The van der Waals surface area contributed by atoms with Crippen LogP contribution in [0.25, 0.3) is 0 Å². The molecular weight excluding hydrogens is 284 g/mol. The second-order valence-corrected chi connectivity index (χ2v) is 5.10. The van der Waals surface area contributed by atoms with Crippen LogP contribution in [0.1, 0.15) is 31.7 Å². The number of nitrogens with zero attached hydrogens (tertiary/aromatic N) is 2. The van der Waals surface area contributed by atoms with E-state index in [2.05, 4.69) is 6.07 Å². The molecule has 0 saturated heterocycles. The van der Waals surface area contributed by atoms with Crippen molar-refractivity contribution in [3.63, 3.8) is 0 Å². The minimum atomic E-state index is -0.417. The number of rotatable bonds is 3. The van der Waals surface area contributed by atoms with Gasteiger partial charge < -0.3 is 14.2 Å². The van der Waals surface area contributed by atoms with E-state index < -0.39 is 6.09 Å². The van der Waals surface area contributed by atoms with E-state index in [1.54, 1.807) is 31.1 Å². The topological polar surface area (TPSA) is 71.8 Å². The van der Waals surface area contributed by atoms with Gasteiger partial charge in [0.1, 0.15) is 0 Å². The molecule has 1 heterocycles. The average Bonchev–Trinajstić information content (AvgIpc) is 2.52. The Morgan fingerprint density at radius 1 is 1.36 bits per heavy atom. The minimum absolute atomic E-state index is 0.130. The summed E-state index contributed by atoms with van der Waals surface area (Å²) in [5, 5.41) is 9.42. The molecule has 0 radical (unpaired) electrons. The summed E-state index contributed by atoms with van der Waals surface area (Å²) in [7, 11) is 3.08. The third-order valence-corrected chi connectivity index (χ3v) is 3.81. The van der Waals surface area contributed by atoms with Crippen LogP contribution in [0, 0.1) is 11.3 Å². The number of fused-ring (bicyclic) bond motifs is 1. The van der Waals surface area contributed by atoms with Crippen LogP contribution in [-0.2, 0) is 4.74 Å². The molecule has 0 N–H and O–H groups in total. The molecular formula is C16H20N2O4. The summed E-state index contributed by atoms with van der Waals surface area (Å²) in [6.45, 7) is 3.97. The maximum atomic E-state index is 12.3. The lowest BCUT2D eigenvalue weighted by Crippen LogP contribution is -2.43. The quantitative estimate of drug-likeness (QED) is 0.858. The van der Waals surface area contributed by atoms with Gasteiger partial charge in [-0.25, -0.2) is 4.79 Å². The molecule has 0 bridgehead atoms. The van der Waals surface area contributed by atoms with Gasteiger partial charge >= 0.3 is 6.09 Å². The van der Waals surface area contributed by atoms with E-state index in [9.17, 15) is 10.1 Å². The third-order valence-electron chi connectivity index (χ3n) is 3.81. The molecule has 0 fully saturated rings. The highest BCUT2D eigenvalue weighted by atomic mass is 16.6. The largest absolute Gasteiger partial charge is 0.493 e. The number of hydrogen-bond donors (Lipinski definition) is 0. The molecule has 2 atom stereocenters. The summed E-state index contributed by atoms with van der Waals surface area (Å²) >= 11 is 0. The van der Waals surface area contributed by atoms with Gasteiger partial charge in [0, 0.05) is 12.1 Å². The van der Waals surface area contributed by atoms with Crippen molar-refractivity contribution in [2.45, 2.75) is 32.2 Å². The second-order valence-electron chi connectivity index (χ2n) is 5.10. The number of anilines is 1. The summed E-state index contributed by atoms with van der Waals surface area (Å²) < 4.78 is 15.7. The molecule has 0 aliphatic carbocycles. The Morgan fingerprint density at radius 3 is 2.55 bits per heavy atom. The van der Waals surface area contributed by atoms with Crippen LogP contribution in [0.5, 0.6) is 11.5 Å². The van der Waals surface area contributed by atoms with Crippen LogP contribution in [0.3, 0.4) is 0 Å². The van der Waals surface area contributed by atoms with Gasteiger partial charge in [0.25, 0.3) is 0 Å². The van der Waals surface area contributed by atoms with E-state index in [-0.39, 0.29) is 12.0 Å². The van der Waals surface area contributed by atoms with Crippen molar-refractivity contribution >= 4 is 11.8 Å². The average molecular weight is 304 g/mol. The molecule has 0 saturated carbocycles. The van der Waals surface area contributed by atoms with E-state index in [0.717, 1.165) is 5.56 Å². The first-order chi connectivity index (χ1) is 10.6. The fraction of sp³-hybridized carbons (Fsp3) is 0.500. The van der Waals surface area contributed by atoms with Crippen LogP contribution < -0.4 is 14.4 Å². The minimum Gasteiger partial charge on any atom is -0.493 e. The molecule has 1 aromatic rings. The van der Waals surface area contributed by atoms with Crippen LogP contribution in [0.2, 0.25) is 0 Å². The number of carbonyl (C=O) groups is 1. The zero-order chi connectivity index (χ0) is 16.3. The lowest BCUT2D eigenvalue weighted by atomic mass is 9.87. The number of carbonyl (C=O) groups excluding carboxylic acids is 1. The van der Waals surface area contributed by atoms with Crippen LogP contribution in [-0.4, -0.2) is 33.0 Å². The van der Waals surface area contributed by atoms with Gasteiger partial charge in [0.05, 0.1) is 38.5 Å². The third kappa shape index (κ3) is 2.67. The summed E-state index contributed by atoms with van der Waals surface area (Å²) in [5.74, 6) is 0.761. The SMILES string of the molecule is CCOC(=O)N1c2cc(OC)c(OC)cc2[C@H](C#N)C[C@@H]1C. The zero-order valence-corrected chi connectivity index (χ0v) is 13.3. The Bertz CT molecular complexity index is 609. The Kier molecular flexibility index (Phi) is 4.76. The molecule has 1 amide bonds. The van der Waals surface area contributed by atoms with Crippen molar-refractivity contribution in [2.24, 2.45) is 0 Å². The lowest BCUT2D eigenvalue weighted by molar-refractivity contribution is 0.156. The van der Waals surface area contributed by atoms with Crippen molar-refractivity contribution in [1.29, 1.82) is 5.26 Å². The maximum absolute atomic E-state index is 12.3. The first-order valence-corrected chi connectivity index (χ1v) is 7.18. The summed E-state index contributed by atoms with van der Waals surface area (Å²) in [5.41, 5.74) is 1.40. The predicted molar refractivity (Wildman–Crippen MR) is 81.5 cm³/mol. The molecule has 2 rings (SSSR count). The van der Waals surface area contributed by atoms with E-state index in [4.69, 9.17) is 14.2 Å². The zero-order valence-electron chi connectivity index (χ0n) is 13.3. The van der Waals surface area contributed by atoms with Crippen molar-refractivity contribution in [3.8, 4) is 17.6 Å². The first-order valence-electron chi connectivity index (χ1n) is 7.18. The summed E-state index contributed by atoms with van der Waals surface area (Å²) in [6, 6.07) is 5.66. The fourth-order valence-corrected chi connectivity index (χ4v) is 2.78. The second kappa shape index (κ2) is 6.56. The van der Waals surface area contributed by atoms with Crippen LogP contribution >= 0.6 is 0 Å². The predicted octanol–water partition coefficient (Wildman–Crippen LogP) is 3.07.